The van der Waals surface area contributed by atoms with Crippen LogP contribution >= 0.6 is 23.2 Å². The number of nitrogens with one attached hydrogen (secondary N) is 1. The van der Waals surface area contributed by atoms with Gasteiger partial charge in [-0.3, -0.25) is 14.2 Å². The fourth-order valence-corrected chi connectivity index (χ4v) is 3.20. The number of carbonyl (C=O) groups is 1. The summed E-state index contributed by atoms with van der Waals surface area (Å²) in [4.78, 5) is 28.8. The zero-order chi connectivity index (χ0) is 20.1. The molecule has 0 amide bonds. The molecule has 28 heavy (non-hydrogen) atoms. The van der Waals surface area contributed by atoms with Gasteiger partial charge in [0.15, 0.2) is 10.3 Å². The number of hydrogen-bond acceptors (Lipinski definition) is 5. The number of rotatable bonds is 6. The molecule has 2 aromatic carbocycles. The van der Waals surface area contributed by atoms with Crippen molar-refractivity contribution < 1.29 is 9.53 Å². The van der Waals surface area contributed by atoms with Crippen LogP contribution in [0.3, 0.4) is 0 Å². The summed E-state index contributed by atoms with van der Waals surface area (Å²) >= 11 is 12.2. The van der Waals surface area contributed by atoms with Crippen molar-refractivity contribution in [1.82, 2.24) is 9.55 Å². The lowest BCUT2D eigenvalue weighted by Crippen LogP contribution is -2.28. The third-order valence-electron chi connectivity index (χ3n) is 4.04. The highest BCUT2D eigenvalue weighted by atomic mass is 35.5. The van der Waals surface area contributed by atoms with Gasteiger partial charge in [0.2, 0.25) is 0 Å². The molecule has 0 fully saturated rings. The van der Waals surface area contributed by atoms with Gasteiger partial charge in [0.1, 0.15) is 13.2 Å². The minimum atomic E-state index is -0.618. The van der Waals surface area contributed by atoms with E-state index in [9.17, 15) is 9.59 Å². The molecular formula is C20H17Cl2N3O3. The van der Waals surface area contributed by atoms with Gasteiger partial charge in [-0.05, 0) is 17.7 Å². The van der Waals surface area contributed by atoms with Crippen LogP contribution in [0.25, 0.3) is 11.3 Å². The first-order valence-electron chi connectivity index (χ1n) is 8.43. The molecule has 3 rings (SSSR count). The Hall–Kier alpha value is -2.83. The van der Waals surface area contributed by atoms with Gasteiger partial charge in [-0.2, -0.15) is 0 Å². The second-order valence-electron chi connectivity index (χ2n) is 5.91. The van der Waals surface area contributed by atoms with E-state index >= 15 is 0 Å². The Labute approximate surface area is 171 Å². The molecule has 0 atom stereocenters. The van der Waals surface area contributed by atoms with Crippen molar-refractivity contribution in [2.45, 2.75) is 13.2 Å². The van der Waals surface area contributed by atoms with Gasteiger partial charge >= 0.3 is 5.97 Å². The van der Waals surface area contributed by atoms with Crippen molar-refractivity contribution in [3.63, 3.8) is 0 Å². The van der Waals surface area contributed by atoms with E-state index in [2.05, 4.69) is 10.3 Å². The molecule has 1 aromatic heterocycles. The minimum Gasteiger partial charge on any atom is -0.459 e. The topological polar surface area (TPSA) is 73.2 Å². The molecule has 0 radical (unpaired) electrons. The second-order valence-corrected chi connectivity index (χ2v) is 6.63. The van der Waals surface area contributed by atoms with E-state index in [-0.39, 0.29) is 23.5 Å². The van der Waals surface area contributed by atoms with Gasteiger partial charge in [0.25, 0.3) is 5.56 Å². The van der Waals surface area contributed by atoms with Crippen LogP contribution in [0.5, 0.6) is 0 Å². The highest BCUT2D eigenvalue weighted by Gasteiger charge is 2.19. The first-order valence-corrected chi connectivity index (χ1v) is 9.18. The van der Waals surface area contributed by atoms with E-state index in [1.54, 1.807) is 25.2 Å². The summed E-state index contributed by atoms with van der Waals surface area (Å²) in [5.74, 6) is -0.588. The van der Waals surface area contributed by atoms with Crippen LogP contribution in [0.4, 0.5) is 5.69 Å². The van der Waals surface area contributed by atoms with Crippen LogP contribution in [-0.2, 0) is 22.7 Å². The maximum atomic E-state index is 12.6. The fourth-order valence-electron chi connectivity index (χ4n) is 2.67. The Bertz CT molecular complexity index is 1050. The monoisotopic (exact) mass is 417 g/mol. The first kappa shape index (κ1) is 19.9. The van der Waals surface area contributed by atoms with Gasteiger partial charge < -0.3 is 10.1 Å². The predicted octanol–water partition coefficient (Wildman–Crippen LogP) is 4.00. The molecule has 0 bridgehead atoms. The maximum absolute atomic E-state index is 12.6. The summed E-state index contributed by atoms with van der Waals surface area (Å²) in [6.45, 7) is -0.238. The zero-order valence-corrected chi connectivity index (χ0v) is 16.5. The van der Waals surface area contributed by atoms with E-state index in [4.69, 9.17) is 27.9 Å². The normalized spacial score (nSPS) is 10.5. The summed E-state index contributed by atoms with van der Waals surface area (Å²) in [7, 11) is 1.77. The Morgan fingerprint density at radius 2 is 1.86 bits per heavy atom. The van der Waals surface area contributed by atoms with Crippen molar-refractivity contribution in [3.8, 4) is 11.3 Å². The smallest absolute Gasteiger partial charge is 0.326 e. The van der Waals surface area contributed by atoms with Crippen LogP contribution in [-0.4, -0.2) is 22.6 Å². The van der Waals surface area contributed by atoms with Gasteiger partial charge in [-0.1, -0.05) is 65.7 Å². The standard InChI is InChI=1S/C20H17Cl2N3O3/c1-23-15-9-5-8-14(10-15)17-18(21)24-19(22)20(27)25(17)11-16(26)28-12-13-6-3-2-4-7-13/h2-10,23H,11-12H2,1H3. The molecule has 1 N–H and O–H groups in total. The quantitative estimate of drug-likeness (QED) is 0.613. The molecular weight excluding hydrogens is 401 g/mol. The van der Waals surface area contributed by atoms with Crippen LogP contribution in [0.15, 0.2) is 59.4 Å². The molecule has 0 spiro atoms. The number of aromatic nitrogens is 2. The Morgan fingerprint density at radius 3 is 2.57 bits per heavy atom. The molecule has 3 aromatic rings. The van der Waals surface area contributed by atoms with Crippen molar-refractivity contribution in [2.75, 3.05) is 12.4 Å². The van der Waals surface area contributed by atoms with E-state index in [0.29, 0.717) is 11.3 Å². The number of hydrogen-bond donors (Lipinski definition) is 1. The summed E-state index contributed by atoms with van der Waals surface area (Å²) in [6, 6.07) is 16.5. The van der Waals surface area contributed by atoms with Crippen LogP contribution in [0.2, 0.25) is 10.3 Å². The van der Waals surface area contributed by atoms with Crippen LogP contribution < -0.4 is 10.9 Å². The SMILES string of the molecule is CNc1cccc(-c2c(Cl)nc(Cl)c(=O)n2CC(=O)OCc2ccccc2)c1. The number of nitrogens with zero attached hydrogens (tertiary/aromatic N) is 2. The number of ether oxygens (including phenoxy) is 1. The Kier molecular flexibility index (Phi) is 6.34. The molecule has 8 heteroatoms. The number of esters is 1. The largest absolute Gasteiger partial charge is 0.459 e. The molecule has 0 aliphatic rings. The average molecular weight is 418 g/mol. The van der Waals surface area contributed by atoms with E-state index in [1.165, 1.54) is 4.57 Å². The van der Waals surface area contributed by atoms with Gasteiger partial charge in [0.05, 0.1) is 5.69 Å². The van der Waals surface area contributed by atoms with Crippen molar-refractivity contribution in [2.24, 2.45) is 0 Å². The third kappa shape index (κ3) is 4.52. The molecule has 1 heterocycles. The Morgan fingerprint density at radius 1 is 1.11 bits per heavy atom. The third-order valence-corrected chi connectivity index (χ3v) is 4.55. The average Bonchev–Trinajstić information content (AvgIpc) is 2.71. The number of benzene rings is 2. The summed E-state index contributed by atoms with van der Waals surface area (Å²) in [5, 5.41) is 2.72. The zero-order valence-electron chi connectivity index (χ0n) is 15.0. The Balaban J connectivity index is 1.93. The maximum Gasteiger partial charge on any atom is 0.326 e. The lowest BCUT2D eigenvalue weighted by molar-refractivity contribution is -0.145. The number of carbonyl (C=O) groups excluding carboxylic acids is 1. The highest BCUT2D eigenvalue weighted by Crippen LogP contribution is 2.28. The summed E-state index contributed by atoms with van der Waals surface area (Å²) < 4.78 is 6.47. The van der Waals surface area contributed by atoms with Gasteiger partial charge in [-0.25, -0.2) is 4.98 Å². The van der Waals surface area contributed by atoms with E-state index < -0.39 is 11.5 Å². The molecule has 0 aliphatic heterocycles. The molecule has 0 aliphatic carbocycles. The van der Waals surface area contributed by atoms with Crippen LogP contribution in [0.1, 0.15) is 5.56 Å². The fraction of sp³-hybridized carbons (Fsp3) is 0.150. The molecule has 0 saturated carbocycles. The number of anilines is 1. The minimum absolute atomic E-state index is 0.0220. The second kappa shape index (κ2) is 8.91. The highest BCUT2D eigenvalue weighted by molar-refractivity contribution is 6.33. The molecule has 144 valence electrons. The van der Waals surface area contributed by atoms with Crippen molar-refractivity contribution in [1.29, 1.82) is 0 Å². The first-order chi connectivity index (χ1) is 13.5. The summed E-state index contributed by atoms with van der Waals surface area (Å²) in [5.41, 5.74) is 1.96. The predicted molar refractivity (Wildman–Crippen MR) is 110 cm³/mol. The van der Waals surface area contributed by atoms with Crippen molar-refractivity contribution in [3.05, 3.63) is 80.8 Å². The lowest BCUT2D eigenvalue weighted by atomic mass is 10.1. The van der Waals surface area contributed by atoms with E-state index in [0.717, 1.165) is 11.3 Å². The molecule has 0 unspecified atom stereocenters. The molecule has 6 nitrogen and oxygen atoms in total. The van der Waals surface area contributed by atoms with Gasteiger partial charge in [-0.15, -0.1) is 0 Å². The lowest BCUT2D eigenvalue weighted by Gasteiger charge is -2.15. The summed E-state index contributed by atoms with van der Waals surface area (Å²) in [6.07, 6.45) is 0. The number of halogens is 2. The van der Waals surface area contributed by atoms with E-state index in [1.807, 2.05) is 36.4 Å². The van der Waals surface area contributed by atoms with Gasteiger partial charge in [0, 0.05) is 18.3 Å². The molecule has 0 saturated heterocycles. The van der Waals surface area contributed by atoms with Crippen molar-refractivity contribution >= 4 is 34.9 Å². The van der Waals surface area contributed by atoms with Crippen LogP contribution in [0, 0.1) is 0 Å².